The van der Waals surface area contributed by atoms with Crippen LogP contribution in [-0.2, 0) is 14.9 Å². The number of nitriles is 2. The van der Waals surface area contributed by atoms with Gasteiger partial charge < -0.3 is 14.2 Å². The zero-order chi connectivity index (χ0) is 18.7. The molecule has 0 aliphatic carbocycles. The highest BCUT2D eigenvalue weighted by Gasteiger charge is 2.60. The topological polar surface area (TPSA) is 92.3 Å². The van der Waals surface area contributed by atoms with E-state index in [9.17, 15) is 15.3 Å². The van der Waals surface area contributed by atoms with Crippen LogP contribution in [0.15, 0.2) is 48.5 Å². The third kappa shape index (κ3) is 2.53. The second-order valence-corrected chi connectivity index (χ2v) is 5.86. The summed E-state index contributed by atoms with van der Waals surface area (Å²) < 4.78 is 15.8. The van der Waals surface area contributed by atoms with Crippen LogP contribution in [0.1, 0.15) is 17.2 Å². The summed E-state index contributed by atoms with van der Waals surface area (Å²) in [7, 11) is 3.09. The second-order valence-electron chi connectivity index (χ2n) is 5.86. The average molecular weight is 348 g/mol. The van der Waals surface area contributed by atoms with Gasteiger partial charge in [-0.1, -0.05) is 24.3 Å². The fourth-order valence-electron chi connectivity index (χ4n) is 3.25. The van der Waals surface area contributed by atoms with Gasteiger partial charge in [0.05, 0.1) is 26.4 Å². The van der Waals surface area contributed by atoms with Crippen molar-refractivity contribution >= 4 is 5.97 Å². The van der Waals surface area contributed by atoms with E-state index in [1.54, 1.807) is 55.6 Å². The molecule has 3 rings (SSSR count). The molecule has 1 aliphatic heterocycles. The summed E-state index contributed by atoms with van der Waals surface area (Å²) in [6.45, 7) is 0. The highest BCUT2D eigenvalue weighted by Crippen LogP contribution is 2.51. The summed E-state index contributed by atoms with van der Waals surface area (Å²) in [5, 5.41) is 19.6. The molecule has 0 saturated carbocycles. The van der Waals surface area contributed by atoms with Gasteiger partial charge in [-0.05, 0) is 35.4 Å². The van der Waals surface area contributed by atoms with Crippen LogP contribution in [0.25, 0.3) is 0 Å². The largest absolute Gasteiger partial charge is 0.497 e. The monoisotopic (exact) mass is 348 g/mol. The Bertz CT molecular complexity index is 893. The Balaban J connectivity index is 2.16. The Hall–Kier alpha value is -3.51. The molecule has 3 unspecified atom stereocenters. The number of carbonyl (C=O) groups excluding carboxylic acids is 1. The molecule has 0 spiro atoms. The maximum Gasteiger partial charge on any atom is 0.326 e. The fourth-order valence-corrected chi connectivity index (χ4v) is 3.25. The van der Waals surface area contributed by atoms with E-state index >= 15 is 0 Å². The second kappa shape index (κ2) is 6.78. The summed E-state index contributed by atoms with van der Waals surface area (Å²) in [5.74, 6) is -0.679. The first-order valence-electron chi connectivity index (χ1n) is 7.90. The van der Waals surface area contributed by atoms with Crippen molar-refractivity contribution in [2.45, 2.75) is 11.5 Å². The molecule has 0 radical (unpaired) electrons. The number of methoxy groups -OCH3 is 2. The summed E-state index contributed by atoms with van der Waals surface area (Å²) in [5.41, 5.74) is -0.305. The van der Waals surface area contributed by atoms with Crippen molar-refractivity contribution < 1.29 is 19.0 Å². The Morgan fingerprint density at radius 2 is 1.50 bits per heavy atom. The number of benzene rings is 2. The van der Waals surface area contributed by atoms with Crippen molar-refractivity contribution in [3.63, 3.8) is 0 Å². The molecular formula is C20H16N2O4. The number of rotatable bonds is 4. The lowest BCUT2D eigenvalue weighted by Gasteiger charge is -2.28. The Labute approximate surface area is 151 Å². The lowest BCUT2D eigenvalue weighted by molar-refractivity contribution is -0.143. The van der Waals surface area contributed by atoms with Gasteiger partial charge in [0.1, 0.15) is 16.9 Å². The minimum atomic E-state index is -1.45. The van der Waals surface area contributed by atoms with Crippen molar-refractivity contribution in [1.82, 2.24) is 0 Å². The van der Waals surface area contributed by atoms with Crippen LogP contribution in [0.5, 0.6) is 11.5 Å². The molecule has 1 fully saturated rings. The number of nitrogens with zero attached hydrogens (tertiary/aromatic N) is 2. The van der Waals surface area contributed by atoms with Gasteiger partial charge >= 0.3 is 5.97 Å². The Morgan fingerprint density at radius 1 is 0.962 bits per heavy atom. The van der Waals surface area contributed by atoms with Gasteiger partial charge in [0.25, 0.3) is 0 Å². The van der Waals surface area contributed by atoms with Crippen LogP contribution in [0, 0.1) is 28.6 Å². The molecule has 2 aromatic rings. The van der Waals surface area contributed by atoms with Crippen LogP contribution in [0.4, 0.5) is 0 Å². The van der Waals surface area contributed by atoms with E-state index < -0.39 is 23.4 Å². The van der Waals surface area contributed by atoms with Gasteiger partial charge in [0.2, 0.25) is 0 Å². The molecule has 1 heterocycles. The van der Waals surface area contributed by atoms with Crippen molar-refractivity contribution in [2.75, 3.05) is 14.2 Å². The first-order valence-corrected chi connectivity index (χ1v) is 7.90. The predicted octanol–water partition coefficient (Wildman–Crippen LogP) is 2.90. The lowest BCUT2D eigenvalue weighted by Crippen LogP contribution is -2.35. The minimum absolute atomic E-state index is 0.527. The predicted molar refractivity (Wildman–Crippen MR) is 91.2 cm³/mol. The molecule has 0 aromatic heterocycles. The van der Waals surface area contributed by atoms with Crippen LogP contribution in [0.2, 0.25) is 0 Å². The first-order chi connectivity index (χ1) is 12.6. The summed E-state index contributed by atoms with van der Waals surface area (Å²) >= 11 is 0. The van der Waals surface area contributed by atoms with Gasteiger partial charge in [-0.2, -0.15) is 10.5 Å². The smallest absolute Gasteiger partial charge is 0.326 e. The highest BCUT2D eigenvalue weighted by molar-refractivity contribution is 5.82. The fraction of sp³-hybridized carbons (Fsp3) is 0.250. The standard InChI is InChI=1S/C20H16N2O4/c1-24-15-7-3-13(4-8-15)18-20(12-22,17(11-21)19(23)26-18)14-5-9-16(25-2)10-6-14/h3-10,17-18H,1-2H3. The summed E-state index contributed by atoms with van der Waals surface area (Å²) in [6.07, 6.45) is -0.899. The van der Waals surface area contributed by atoms with Crippen molar-refractivity contribution in [3.05, 3.63) is 59.7 Å². The van der Waals surface area contributed by atoms with Crippen LogP contribution in [-0.4, -0.2) is 20.2 Å². The highest BCUT2D eigenvalue weighted by atomic mass is 16.6. The van der Waals surface area contributed by atoms with Crippen molar-refractivity contribution in [2.24, 2.45) is 5.92 Å². The number of cyclic esters (lactones) is 1. The van der Waals surface area contributed by atoms with Gasteiger partial charge in [-0.25, -0.2) is 0 Å². The molecule has 1 saturated heterocycles. The number of carbonyl (C=O) groups is 1. The molecule has 0 amide bonds. The van der Waals surface area contributed by atoms with E-state index in [1.165, 1.54) is 7.11 Å². The summed E-state index contributed by atoms with van der Waals surface area (Å²) in [6, 6.07) is 17.8. The molecule has 6 nitrogen and oxygen atoms in total. The number of esters is 1. The molecule has 2 aromatic carbocycles. The number of ether oxygens (including phenoxy) is 3. The maximum absolute atomic E-state index is 12.3. The molecule has 0 N–H and O–H groups in total. The number of hydrogen-bond acceptors (Lipinski definition) is 6. The van der Waals surface area contributed by atoms with Gasteiger partial charge in [0.15, 0.2) is 12.0 Å². The first kappa shape index (κ1) is 17.3. The van der Waals surface area contributed by atoms with Crippen LogP contribution < -0.4 is 9.47 Å². The molecule has 26 heavy (non-hydrogen) atoms. The van der Waals surface area contributed by atoms with Gasteiger partial charge in [-0.3, -0.25) is 4.79 Å². The lowest BCUT2D eigenvalue weighted by atomic mass is 9.68. The van der Waals surface area contributed by atoms with E-state index in [0.29, 0.717) is 22.6 Å². The van der Waals surface area contributed by atoms with E-state index in [0.717, 1.165) is 0 Å². The third-order valence-electron chi connectivity index (χ3n) is 4.64. The molecular weight excluding hydrogens is 332 g/mol. The minimum Gasteiger partial charge on any atom is -0.497 e. The third-order valence-corrected chi connectivity index (χ3v) is 4.64. The van der Waals surface area contributed by atoms with E-state index in [4.69, 9.17) is 14.2 Å². The van der Waals surface area contributed by atoms with Gasteiger partial charge in [0, 0.05) is 0 Å². The van der Waals surface area contributed by atoms with Gasteiger partial charge in [-0.15, -0.1) is 0 Å². The van der Waals surface area contributed by atoms with E-state index in [2.05, 4.69) is 6.07 Å². The Kier molecular flexibility index (Phi) is 4.51. The quantitative estimate of drug-likeness (QED) is 0.789. The zero-order valence-corrected chi connectivity index (χ0v) is 14.3. The normalized spacial score (nSPS) is 24.2. The molecule has 3 atom stereocenters. The van der Waals surface area contributed by atoms with Crippen LogP contribution >= 0.6 is 0 Å². The SMILES string of the molecule is COc1ccc(C2OC(=O)C(C#N)C2(C#N)c2ccc(OC)cc2)cc1. The number of hydrogen-bond donors (Lipinski definition) is 0. The molecule has 6 heteroatoms. The zero-order valence-electron chi connectivity index (χ0n) is 14.3. The molecule has 1 aliphatic rings. The van der Waals surface area contributed by atoms with E-state index in [-0.39, 0.29) is 0 Å². The summed E-state index contributed by atoms with van der Waals surface area (Å²) in [4.78, 5) is 12.3. The molecule has 130 valence electrons. The average Bonchev–Trinajstić information content (AvgIpc) is 3.00. The maximum atomic E-state index is 12.3. The van der Waals surface area contributed by atoms with Crippen molar-refractivity contribution in [1.29, 1.82) is 10.5 Å². The van der Waals surface area contributed by atoms with Crippen molar-refractivity contribution in [3.8, 4) is 23.6 Å². The van der Waals surface area contributed by atoms with Crippen LogP contribution in [0.3, 0.4) is 0 Å². The molecule has 0 bridgehead atoms. The Morgan fingerprint density at radius 3 is 1.96 bits per heavy atom. The van der Waals surface area contributed by atoms with E-state index in [1.807, 2.05) is 6.07 Å².